The molecule has 1 saturated heterocycles. The van der Waals surface area contributed by atoms with Gasteiger partial charge in [-0.3, -0.25) is 4.79 Å². The first-order valence-corrected chi connectivity index (χ1v) is 8.87. The van der Waals surface area contributed by atoms with Gasteiger partial charge in [0.05, 0.1) is 12.7 Å². The molecule has 2 rings (SSSR count). The van der Waals surface area contributed by atoms with Crippen molar-refractivity contribution < 1.29 is 9.53 Å². The van der Waals surface area contributed by atoms with Crippen LogP contribution < -0.4 is 10.1 Å². The molecule has 1 heterocycles. The second-order valence-electron chi connectivity index (χ2n) is 6.13. The number of amides is 1. The summed E-state index contributed by atoms with van der Waals surface area (Å²) in [5, 5.41) is 11.8. The molecular formula is C19H27N3O2. The first-order valence-electron chi connectivity index (χ1n) is 8.87. The van der Waals surface area contributed by atoms with Crippen molar-refractivity contribution in [2.24, 2.45) is 0 Å². The van der Waals surface area contributed by atoms with Crippen LogP contribution in [-0.2, 0) is 11.3 Å². The van der Waals surface area contributed by atoms with Crippen LogP contribution in [0.3, 0.4) is 0 Å². The van der Waals surface area contributed by atoms with Crippen LogP contribution in [0.4, 0.5) is 0 Å². The number of benzene rings is 1. The predicted octanol–water partition coefficient (Wildman–Crippen LogP) is 2.86. The smallest absolute Gasteiger partial charge is 0.223 e. The average molecular weight is 329 g/mol. The molecule has 5 nitrogen and oxygen atoms in total. The zero-order valence-electron chi connectivity index (χ0n) is 14.3. The summed E-state index contributed by atoms with van der Waals surface area (Å²) in [7, 11) is 0. The average Bonchev–Trinajstić information content (AvgIpc) is 2.63. The van der Waals surface area contributed by atoms with E-state index in [-0.39, 0.29) is 5.91 Å². The molecule has 1 aliphatic heterocycles. The predicted molar refractivity (Wildman–Crippen MR) is 93.5 cm³/mol. The van der Waals surface area contributed by atoms with Gasteiger partial charge >= 0.3 is 0 Å². The van der Waals surface area contributed by atoms with Gasteiger partial charge in [-0.15, -0.1) is 0 Å². The highest BCUT2D eigenvalue weighted by molar-refractivity contribution is 5.76. The highest BCUT2D eigenvalue weighted by Crippen LogP contribution is 2.14. The molecule has 0 atom stereocenters. The summed E-state index contributed by atoms with van der Waals surface area (Å²) >= 11 is 0. The number of nitrogens with one attached hydrogen (secondary N) is 1. The molecule has 130 valence electrons. The Morgan fingerprint density at radius 2 is 2.12 bits per heavy atom. The number of nitrogens with zero attached hydrogens (tertiary/aromatic N) is 2. The van der Waals surface area contributed by atoms with Crippen LogP contribution in [0, 0.1) is 11.3 Å². The largest absolute Gasteiger partial charge is 0.494 e. The standard InChI is InChI=1S/C19H27N3O2/c20-10-2-5-14-24-18-8-6-7-17(15-18)16-21-11-9-19(23)22-12-3-1-4-13-22/h6-8,15,21H,1-5,9,11-14,16H2. The van der Waals surface area contributed by atoms with Crippen molar-refractivity contribution in [2.45, 2.75) is 45.1 Å². The molecular weight excluding hydrogens is 302 g/mol. The van der Waals surface area contributed by atoms with E-state index >= 15 is 0 Å². The summed E-state index contributed by atoms with van der Waals surface area (Å²) < 4.78 is 5.63. The molecule has 0 bridgehead atoms. The Hall–Kier alpha value is -2.06. The molecule has 0 spiro atoms. The summed E-state index contributed by atoms with van der Waals surface area (Å²) in [6.45, 7) is 3.83. The number of rotatable bonds is 9. The summed E-state index contributed by atoms with van der Waals surface area (Å²) in [4.78, 5) is 14.1. The number of hydrogen-bond donors (Lipinski definition) is 1. The third kappa shape index (κ3) is 6.59. The SMILES string of the molecule is N#CCCCOc1cccc(CNCCC(=O)N2CCCCC2)c1. The molecule has 0 saturated carbocycles. The Morgan fingerprint density at radius 1 is 1.29 bits per heavy atom. The van der Waals surface area contributed by atoms with Crippen molar-refractivity contribution in [1.82, 2.24) is 10.2 Å². The second kappa shape index (κ2) is 10.7. The minimum Gasteiger partial charge on any atom is -0.494 e. The van der Waals surface area contributed by atoms with Crippen molar-refractivity contribution >= 4 is 5.91 Å². The van der Waals surface area contributed by atoms with Crippen LogP contribution in [0.2, 0.25) is 0 Å². The lowest BCUT2D eigenvalue weighted by atomic mass is 10.1. The highest BCUT2D eigenvalue weighted by Gasteiger charge is 2.15. The van der Waals surface area contributed by atoms with Gasteiger partial charge < -0.3 is 15.0 Å². The number of carbonyl (C=O) groups is 1. The lowest BCUT2D eigenvalue weighted by Crippen LogP contribution is -2.37. The van der Waals surface area contributed by atoms with E-state index in [4.69, 9.17) is 10.00 Å². The summed E-state index contributed by atoms with van der Waals surface area (Å²) in [6, 6.07) is 10.1. The molecule has 0 aromatic heterocycles. The van der Waals surface area contributed by atoms with Gasteiger partial charge in [0, 0.05) is 39.0 Å². The van der Waals surface area contributed by atoms with Crippen molar-refractivity contribution in [3.8, 4) is 11.8 Å². The number of unbranched alkanes of at least 4 members (excludes halogenated alkanes) is 1. The maximum absolute atomic E-state index is 12.1. The van der Waals surface area contributed by atoms with E-state index in [0.717, 1.165) is 50.2 Å². The van der Waals surface area contributed by atoms with Gasteiger partial charge in [0.25, 0.3) is 0 Å². The van der Waals surface area contributed by atoms with E-state index in [9.17, 15) is 4.79 Å². The molecule has 1 aromatic carbocycles. The molecule has 1 amide bonds. The molecule has 0 unspecified atom stereocenters. The Labute approximate surface area is 144 Å². The molecule has 5 heteroatoms. The fraction of sp³-hybridized carbons (Fsp3) is 0.579. The Morgan fingerprint density at radius 3 is 2.92 bits per heavy atom. The van der Waals surface area contributed by atoms with Crippen molar-refractivity contribution in [3.05, 3.63) is 29.8 Å². The van der Waals surface area contributed by atoms with Crippen molar-refractivity contribution in [2.75, 3.05) is 26.2 Å². The molecule has 24 heavy (non-hydrogen) atoms. The van der Waals surface area contributed by atoms with E-state index < -0.39 is 0 Å². The zero-order chi connectivity index (χ0) is 17.0. The Bertz CT molecular complexity index is 548. The van der Waals surface area contributed by atoms with Crippen LogP contribution in [-0.4, -0.2) is 37.0 Å². The van der Waals surface area contributed by atoms with E-state index in [2.05, 4.69) is 11.4 Å². The van der Waals surface area contributed by atoms with Crippen LogP contribution >= 0.6 is 0 Å². The lowest BCUT2D eigenvalue weighted by molar-refractivity contribution is -0.131. The van der Waals surface area contributed by atoms with E-state index in [1.807, 2.05) is 29.2 Å². The van der Waals surface area contributed by atoms with Gasteiger partial charge in [-0.05, 0) is 43.4 Å². The van der Waals surface area contributed by atoms with Gasteiger partial charge in [-0.1, -0.05) is 12.1 Å². The third-order valence-electron chi connectivity index (χ3n) is 4.15. The molecule has 1 aliphatic rings. The monoisotopic (exact) mass is 329 g/mol. The number of hydrogen-bond acceptors (Lipinski definition) is 4. The zero-order valence-corrected chi connectivity index (χ0v) is 14.3. The number of carbonyl (C=O) groups excluding carboxylic acids is 1. The van der Waals surface area contributed by atoms with Crippen LogP contribution in [0.5, 0.6) is 5.75 Å². The molecule has 0 aliphatic carbocycles. The third-order valence-corrected chi connectivity index (χ3v) is 4.15. The Balaban J connectivity index is 1.64. The molecule has 0 radical (unpaired) electrons. The van der Waals surface area contributed by atoms with Crippen LogP contribution in [0.15, 0.2) is 24.3 Å². The van der Waals surface area contributed by atoms with Crippen LogP contribution in [0.1, 0.15) is 44.1 Å². The van der Waals surface area contributed by atoms with Crippen molar-refractivity contribution in [1.29, 1.82) is 5.26 Å². The Kier molecular flexibility index (Phi) is 8.12. The van der Waals surface area contributed by atoms with Crippen LogP contribution in [0.25, 0.3) is 0 Å². The van der Waals surface area contributed by atoms with Gasteiger partial charge in [-0.25, -0.2) is 0 Å². The van der Waals surface area contributed by atoms with Gasteiger partial charge in [0.15, 0.2) is 0 Å². The second-order valence-corrected chi connectivity index (χ2v) is 6.13. The number of piperidine rings is 1. The van der Waals surface area contributed by atoms with Gasteiger partial charge in [-0.2, -0.15) is 5.26 Å². The fourth-order valence-corrected chi connectivity index (χ4v) is 2.82. The molecule has 1 fully saturated rings. The topological polar surface area (TPSA) is 65.4 Å². The van der Waals surface area contributed by atoms with E-state index in [0.29, 0.717) is 26.0 Å². The summed E-state index contributed by atoms with van der Waals surface area (Å²) in [6.07, 6.45) is 5.35. The number of nitriles is 1. The minimum absolute atomic E-state index is 0.261. The fourth-order valence-electron chi connectivity index (χ4n) is 2.82. The number of likely N-dealkylation sites (tertiary alicyclic amines) is 1. The quantitative estimate of drug-likeness (QED) is 0.708. The van der Waals surface area contributed by atoms with Gasteiger partial charge in [0.2, 0.25) is 5.91 Å². The molecule has 1 N–H and O–H groups in total. The minimum atomic E-state index is 0.261. The first kappa shape index (κ1) is 18.3. The lowest BCUT2D eigenvalue weighted by Gasteiger charge is -2.26. The maximum Gasteiger partial charge on any atom is 0.223 e. The first-order chi connectivity index (χ1) is 11.8. The van der Waals surface area contributed by atoms with Crippen molar-refractivity contribution in [3.63, 3.8) is 0 Å². The maximum atomic E-state index is 12.1. The summed E-state index contributed by atoms with van der Waals surface area (Å²) in [5.41, 5.74) is 1.14. The normalized spacial score (nSPS) is 14.2. The highest BCUT2D eigenvalue weighted by atomic mass is 16.5. The molecule has 1 aromatic rings. The van der Waals surface area contributed by atoms with E-state index in [1.54, 1.807) is 0 Å². The number of ether oxygens (including phenoxy) is 1. The summed E-state index contributed by atoms with van der Waals surface area (Å²) in [5.74, 6) is 1.09. The van der Waals surface area contributed by atoms with E-state index in [1.165, 1.54) is 6.42 Å². The van der Waals surface area contributed by atoms with Gasteiger partial charge in [0.1, 0.15) is 5.75 Å².